The molecule has 1 aliphatic carbocycles. The van der Waals surface area contributed by atoms with Crippen LogP contribution in [0.1, 0.15) is 38.7 Å². The van der Waals surface area contributed by atoms with Gasteiger partial charge in [-0.05, 0) is 56.8 Å². The van der Waals surface area contributed by atoms with Gasteiger partial charge in [-0.15, -0.1) is 13.2 Å². The molecule has 1 aromatic rings. The quantitative estimate of drug-likeness (QED) is 0.440. The van der Waals surface area contributed by atoms with E-state index in [9.17, 15) is 22.8 Å². The molecule has 1 spiro atoms. The van der Waals surface area contributed by atoms with Gasteiger partial charge in [0.2, 0.25) is 0 Å². The van der Waals surface area contributed by atoms with Crippen LogP contribution in [0.2, 0.25) is 0 Å². The van der Waals surface area contributed by atoms with Crippen molar-refractivity contribution in [2.75, 3.05) is 13.2 Å². The van der Waals surface area contributed by atoms with Crippen molar-refractivity contribution in [3.8, 4) is 5.75 Å². The lowest BCUT2D eigenvalue weighted by Crippen LogP contribution is -2.32. The molecule has 1 heterocycles. The van der Waals surface area contributed by atoms with Gasteiger partial charge in [0.05, 0.1) is 11.5 Å². The van der Waals surface area contributed by atoms with Crippen molar-refractivity contribution >= 4 is 49.2 Å². The number of carbonyl (C=O) groups is 2. The molecule has 0 N–H and O–H groups in total. The van der Waals surface area contributed by atoms with E-state index >= 15 is 0 Å². The van der Waals surface area contributed by atoms with Crippen LogP contribution in [0.25, 0.3) is 5.57 Å². The first-order chi connectivity index (χ1) is 13.9. The Morgan fingerprint density at radius 2 is 1.73 bits per heavy atom. The van der Waals surface area contributed by atoms with E-state index in [1.54, 1.807) is 13.8 Å². The monoisotopic (exact) mass is 554 g/mol. The van der Waals surface area contributed by atoms with Gasteiger partial charge in [-0.25, -0.2) is 0 Å². The summed E-state index contributed by atoms with van der Waals surface area (Å²) in [6.07, 6.45) is -3.69. The number of rotatable bonds is 4. The van der Waals surface area contributed by atoms with Crippen molar-refractivity contribution in [2.24, 2.45) is 11.3 Å². The molecular formula is C20H19Br2F3O5. The van der Waals surface area contributed by atoms with Crippen LogP contribution >= 0.6 is 31.9 Å². The summed E-state index contributed by atoms with van der Waals surface area (Å²) in [6, 6.07) is 2.26. The Morgan fingerprint density at radius 3 is 2.23 bits per heavy atom. The van der Waals surface area contributed by atoms with Crippen molar-refractivity contribution in [1.29, 1.82) is 0 Å². The molecule has 0 atom stereocenters. The molecule has 1 aliphatic heterocycles. The Kier molecular flexibility index (Phi) is 6.69. The summed E-state index contributed by atoms with van der Waals surface area (Å²) in [5.41, 5.74) is -0.164. The minimum absolute atomic E-state index is 0.145. The third-order valence-corrected chi connectivity index (χ3v) is 6.36. The first kappa shape index (κ1) is 23.3. The first-order valence-electron chi connectivity index (χ1n) is 9.26. The highest BCUT2D eigenvalue weighted by Crippen LogP contribution is 2.53. The lowest BCUT2D eigenvalue weighted by Gasteiger charge is -2.34. The summed E-state index contributed by atoms with van der Waals surface area (Å²) in [4.78, 5) is 25.5. The average molecular weight is 556 g/mol. The molecule has 164 valence electrons. The summed E-state index contributed by atoms with van der Waals surface area (Å²) >= 11 is 6.50. The fourth-order valence-electron chi connectivity index (χ4n) is 3.65. The van der Waals surface area contributed by atoms with Crippen LogP contribution in [0, 0.1) is 11.3 Å². The Labute approximate surface area is 188 Å². The lowest BCUT2D eigenvalue weighted by molar-refractivity contribution is -0.274. The highest BCUT2D eigenvalue weighted by Gasteiger charge is 2.50. The maximum atomic E-state index is 13.1. The predicted octanol–water partition coefficient (Wildman–Crippen LogP) is 5.79. The van der Waals surface area contributed by atoms with Gasteiger partial charge in [-0.3, -0.25) is 9.59 Å². The van der Waals surface area contributed by atoms with Crippen LogP contribution in [-0.4, -0.2) is 31.3 Å². The van der Waals surface area contributed by atoms with Gasteiger partial charge in [0.15, 0.2) is 5.78 Å². The molecular weight excluding hydrogens is 537 g/mol. The van der Waals surface area contributed by atoms with Crippen molar-refractivity contribution in [1.82, 2.24) is 0 Å². The number of carbonyl (C=O) groups excluding carboxylic acids is 2. The Morgan fingerprint density at radius 1 is 1.17 bits per heavy atom. The molecule has 1 saturated heterocycles. The zero-order chi connectivity index (χ0) is 22.3. The standard InChI is InChI=1S/C20H19Br2F3O5/c1-10(2)18(27)29-17-16(14(26)9-19(17)3-5-28-6-4-19)15-12(21)7-11(8-13(15)22)30-20(23,24)25/h7-8,10H,3-6,9H2,1-2H3. The molecule has 0 aromatic heterocycles. The highest BCUT2D eigenvalue weighted by molar-refractivity contribution is 9.11. The van der Waals surface area contributed by atoms with E-state index < -0.39 is 29.4 Å². The molecule has 0 unspecified atom stereocenters. The van der Waals surface area contributed by atoms with E-state index in [1.165, 1.54) is 0 Å². The molecule has 0 bridgehead atoms. The van der Waals surface area contributed by atoms with E-state index in [0.717, 1.165) is 12.1 Å². The number of allylic oxidation sites excluding steroid dienone is 2. The zero-order valence-corrected chi connectivity index (χ0v) is 19.4. The topological polar surface area (TPSA) is 61.8 Å². The number of hydrogen-bond donors (Lipinski definition) is 0. The molecule has 1 aromatic carbocycles. The molecule has 5 nitrogen and oxygen atoms in total. The van der Waals surface area contributed by atoms with Gasteiger partial charge in [0, 0.05) is 39.6 Å². The first-order valence-corrected chi connectivity index (χ1v) is 10.8. The van der Waals surface area contributed by atoms with E-state index in [1.807, 2.05) is 0 Å². The minimum Gasteiger partial charge on any atom is -0.429 e. The van der Waals surface area contributed by atoms with Crippen LogP contribution in [0.15, 0.2) is 26.8 Å². The zero-order valence-electron chi connectivity index (χ0n) is 16.2. The van der Waals surface area contributed by atoms with Crippen molar-refractivity contribution in [3.63, 3.8) is 0 Å². The fourth-order valence-corrected chi connectivity index (χ4v) is 5.19. The molecule has 3 rings (SSSR count). The number of esters is 1. The van der Waals surface area contributed by atoms with Crippen LogP contribution < -0.4 is 4.74 Å². The largest absolute Gasteiger partial charge is 0.573 e. The molecule has 30 heavy (non-hydrogen) atoms. The summed E-state index contributed by atoms with van der Waals surface area (Å²) in [5, 5.41) is 0. The van der Waals surface area contributed by atoms with Crippen molar-refractivity contribution < 1.29 is 37.0 Å². The van der Waals surface area contributed by atoms with Crippen LogP contribution in [0.4, 0.5) is 13.2 Å². The minimum atomic E-state index is -4.85. The van der Waals surface area contributed by atoms with E-state index in [2.05, 4.69) is 36.6 Å². The van der Waals surface area contributed by atoms with Gasteiger partial charge in [-0.1, -0.05) is 13.8 Å². The predicted molar refractivity (Wildman–Crippen MR) is 108 cm³/mol. The van der Waals surface area contributed by atoms with E-state index in [0.29, 0.717) is 31.6 Å². The summed E-state index contributed by atoms with van der Waals surface area (Å²) in [6.45, 7) is 4.21. The number of ether oxygens (including phenoxy) is 3. The Hall–Kier alpha value is -1.39. The normalized spacial score (nSPS) is 19.0. The molecule has 0 amide bonds. The number of benzene rings is 1. The SMILES string of the molecule is CC(C)C(=O)OC1=C(c2c(Br)cc(OC(F)(F)F)cc2Br)C(=O)CC12CCOCC2. The van der Waals surface area contributed by atoms with Crippen LogP contribution in [0.3, 0.4) is 0 Å². The second-order valence-electron chi connectivity index (χ2n) is 7.58. The second kappa shape index (κ2) is 8.63. The Bertz CT molecular complexity index is 879. The second-order valence-corrected chi connectivity index (χ2v) is 9.29. The third-order valence-electron chi connectivity index (χ3n) is 5.11. The number of alkyl halides is 3. The van der Waals surface area contributed by atoms with Crippen LogP contribution in [0.5, 0.6) is 5.75 Å². The van der Waals surface area contributed by atoms with Gasteiger partial charge < -0.3 is 14.2 Å². The van der Waals surface area contributed by atoms with Crippen LogP contribution in [-0.2, 0) is 19.1 Å². The fraction of sp³-hybridized carbons (Fsp3) is 0.500. The number of hydrogen-bond acceptors (Lipinski definition) is 5. The van der Waals surface area contributed by atoms with E-state index in [-0.39, 0.29) is 32.5 Å². The van der Waals surface area contributed by atoms with Gasteiger partial charge in [0.1, 0.15) is 11.5 Å². The molecule has 0 radical (unpaired) electrons. The third kappa shape index (κ3) is 4.75. The lowest BCUT2D eigenvalue weighted by atomic mass is 9.78. The van der Waals surface area contributed by atoms with E-state index in [4.69, 9.17) is 9.47 Å². The Balaban J connectivity index is 2.15. The molecule has 1 fully saturated rings. The van der Waals surface area contributed by atoms with Gasteiger partial charge in [0.25, 0.3) is 0 Å². The molecule has 0 saturated carbocycles. The summed E-state index contributed by atoms with van der Waals surface area (Å²) < 4.78 is 53.4. The highest BCUT2D eigenvalue weighted by atomic mass is 79.9. The average Bonchev–Trinajstić information content (AvgIpc) is 2.85. The number of ketones is 1. The number of Topliss-reactive ketones (excluding diaryl/α,β-unsaturated/α-hetero) is 1. The summed E-state index contributed by atoms with van der Waals surface area (Å²) in [5.74, 6) is -1.32. The van der Waals surface area contributed by atoms with Crippen molar-refractivity contribution in [3.05, 3.63) is 32.4 Å². The van der Waals surface area contributed by atoms with Gasteiger partial charge >= 0.3 is 12.3 Å². The smallest absolute Gasteiger partial charge is 0.429 e. The van der Waals surface area contributed by atoms with Crippen molar-refractivity contribution in [2.45, 2.75) is 39.5 Å². The maximum Gasteiger partial charge on any atom is 0.573 e. The summed E-state index contributed by atoms with van der Waals surface area (Å²) in [7, 11) is 0. The molecule has 2 aliphatic rings. The number of halogens is 5. The molecule has 10 heteroatoms. The maximum absolute atomic E-state index is 13.1. The van der Waals surface area contributed by atoms with Gasteiger partial charge in [-0.2, -0.15) is 0 Å².